The molecule has 2 rings (SSSR count). The van der Waals surface area contributed by atoms with E-state index in [0.29, 0.717) is 17.8 Å². The molecule has 1 unspecified atom stereocenters. The van der Waals surface area contributed by atoms with Crippen molar-refractivity contribution in [3.05, 3.63) is 52.8 Å². The molecule has 0 bridgehead atoms. The molecule has 0 saturated carbocycles. The minimum absolute atomic E-state index is 0.417. The molecule has 0 saturated heterocycles. The number of rotatable bonds is 4. The van der Waals surface area contributed by atoms with Crippen molar-refractivity contribution < 1.29 is 18.3 Å². The molecular formula is C15H17F3N2O. The van der Waals surface area contributed by atoms with Gasteiger partial charge in [-0.3, -0.25) is 4.68 Å². The summed E-state index contributed by atoms with van der Waals surface area (Å²) in [6, 6.07) is 6.34. The molecular weight excluding hydrogens is 281 g/mol. The highest BCUT2D eigenvalue weighted by Crippen LogP contribution is 2.31. The maximum Gasteiger partial charge on any atom is 0.416 e. The normalized spacial score (nSPS) is 13.4. The first kappa shape index (κ1) is 15.6. The lowest BCUT2D eigenvalue weighted by Gasteiger charge is -2.14. The third-order valence-corrected chi connectivity index (χ3v) is 3.36. The van der Waals surface area contributed by atoms with Crippen molar-refractivity contribution >= 4 is 0 Å². The first-order valence-electron chi connectivity index (χ1n) is 6.78. The fraction of sp³-hybridized carbons (Fsp3) is 0.400. The summed E-state index contributed by atoms with van der Waals surface area (Å²) in [4.78, 5) is 0. The standard InChI is InChI=1S/C15H17F3N2O/c1-3-12-9-13(20(4-2)19-12)14(21)10-5-7-11(8-6-10)15(16,17)18/h5-9,14,21H,3-4H2,1-2H3. The molecule has 0 aliphatic carbocycles. The van der Waals surface area contributed by atoms with E-state index in [2.05, 4.69) is 5.10 Å². The Bertz CT molecular complexity index is 602. The van der Waals surface area contributed by atoms with Gasteiger partial charge in [0.05, 0.1) is 17.0 Å². The second-order valence-electron chi connectivity index (χ2n) is 4.75. The highest BCUT2D eigenvalue weighted by molar-refractivity contribution is 5.31. The molecule has 6 heteroatoms. The second kappa shape index (κ2) is 5.89. The van der Waals surface area contributed by atoms with Crippen LogP contribution in [-0.2, 0) is 19.1 Å². The van der Waals surface area contributed by atoms with Gasteiger partial charge in [-0.15, -0.1) is 0 Å². The monoisotopic (exact) mass is 298 g/mol. The molecule has 1 atom stereocenters. The van der Waals surface area contributed by atoms with Crippen LogP contribution >= 0.6 is 0 Å². The zero-order chi connectivity index (χ0) is 15.6. The van der Waals surface area contributed by atoms with Gasteiger partial charge in [0.25, 0.3) is 0 Å². The summed E-state index contributed by atoms with van der Waals surface area (Å²) in [5, 5.41) is 14.7. The van der Waals surface area contributed by atoms with Crippen molar-refractivity contribution in [3.63, 3.8) is 0 Å². The molecule has 0 amide bonds. The Balaban J connectivity index is 2.31. The van der Waals surface area contributed by atoms with E-state index in [9.17, 15) is 18.3 Å². The molecule has 2 aromatic rings. The van der Waals surface area contributed by atoms with Gasteiger partial charge < -0.3 is 5.11 Å². The maximum atomic E-state index is 12.5. The van der Waals surface area contributed by atoms with Crippen molar-refractivity contribution in [2.45, 2.75) is 39.1 Å². The van der Waals surface area contributed by atoms with Gasteiger partial charge in [0.15, 0.2) is 0 Å². The van der Waals surface area contributed by atoms with Gasteiger partial charge in [0.2, 0.25) is 0 Å². The third kappa shape index (κ3) is 3.26. The fourth-order valence-electron chi connectivity index (χ4n) is 2.16. The number of hydrogen-bond acceptors (Lipinski definition) is 2. The lowest BCUT2D eigenvalue weighted by atomic mass is 10.0. The highest BCUT2D eigenvalue weighted by atomic mass is 19.4. The summed E-state index contributed by atoms with van der Waals surface area (Å²) in [6.07, 6.45) is -4.62. The number of benzene rings is 1. The SMILES string of the molecule is CCc1cc(C(O)c2ccc(C(F)(F)F)cc2)n(CC)n1. The van der Waals surface area contributed by atoms with Crippen molar-refractivity contribution in [1.29, 1.82) is 0 Å². The maximum absolute atomic E-state index is 12.5. The first-order valence-corrected chi connectivity index (χ1v) is 6.78. The van der Waals surface area contributed by atoms with Crippen LogP contribution < -0.4 is 0 Å². The van der Waals surface area contributed by atoms with E-state index in [1.54, 1.807) is 10.7 Å². The van der Waals surface area contributed by atoms with Gasteiger partial charge in [-0.05, 0) is 37.1 Å². The Morgan fingerprint density at radius 2 is 1.81 bits per heavy atom. The molecule has 0 aliphatic rings. The zero-order valence-corrected chi connectivity index (χ0v) is 11.9. The molecule has 1 aromatic carbocycles. The Morgan fingerprint density at radius 1 is 1.19 bits per heavy atom. The minimum atomic E-state index is -4.37. The number of aromatic nitrogens is 2. The quantitative estimate of drug-likeness (QED) is 0.937. The van der Waals surface area contributed by atoms with Crippen molar-refractivity contribution in [1.82, 2.24) is 9.78 Å². The number of alkyl halides is 3. The van der Waals surface area contributed by atoms with E-state index in [-0.39, 0.29) is 0 Å². The minimum Gasteiger partial charge on any atom is -0.382 e. The van der Waals surface area contributed by atoms with E-state index in [4.69, 9.17) is 0 Å². The van der Waals surface area contributed by atoms with Gasteiger partial charge in [-0.2, -0.15) is 18.3 Å². The zero-order valence-electron chi connectivity index (χ0n) is 11.9. The number of halogens is 3. The van der Waals surface area contributed by atoms with Crippen LogP contribution in [0.1, 0.15) is 42.5 Å². The number of aliphatic hydroxyl groups excluding tert-OH is 1. The Labute approximate surface area is 121 Å². The topological polar surface area (TPSA) is 38.0 Å². The predicted octanol–water partition coefficient (Wildman–Crippen LogP) is 3.57. The molecule has 114 valence electrons. The van der Waals surface area contributed by atoms with E-state index >= 15 is 0 Å². The molecule has 1 heterocycles. The molecule has 0 aliphatic heterocycles. The van der Waals surface area contributed by atoms with Gasteiger partial charge >= 0.3 is 6.18 Å². The van der Waals surface area contributed by atoms with Crippen LogP contribution in [0, 0.1) is 0 Å². The van der Waals surface area contributed by atoms with Crippen LogP contribution in [-0.4, -0.2) is 14.9 Å². The second-order valence-corrected chi connectivity index (χ2v) is 4.75. The van der Waals surface area contributed by atoms with Crippen molar-refractivity contribution in [2.75, 3.05) is 0 Å². The van der Waals surface area contributed by atoms with E-state index in [1.807, 2.05) is 13.8 Å². The van der Waals surface area contributed by atoms with E-state index < -0.39 is 17.8 Å². The summed E-state index contributed by atoms with van der Waals surface area (Å²) >= 11 is 0. The van der Waals surface area contributed by atoms with Crippen LogP contribution in [0.3, 0.4) is 0 Å². The van der Waals surface area contributed by atoms with Crippen LogP contribution in [0.15, 0.2) is 30.3 Å². The Hall–Kier alpha value is -1.82. The smallest absolute Gasteiger partial charge is 0.382 e. The summed E-state index contributed by atoms with van der Waals surface area (Å²) < 4.78 is 39.3. The number of aliphatic hydroxyl groups is 1. The van der Waals surface area contributed by atoms with Crippen LogP contribution in [0.4, 0.5) is 13.2 Å². The summed E-state index contributed by atoms with van der Waals surface area (Å²) in [5.74, 6) is 0. The largest absolute Gasteiger partial charge is 0.416 e. The Kier molecular flexibility index (Phi) is 4.37. The van der Waals surface area contributed by atoms with Gasteiger partial charge in [0, 0.05) is 6.54 Å². The third-order valence-electron chi connectivity index (χ3n) is 3.36. The molecule has 0 fully saturated rings. The Morgan fingerprint density at radius 3 is 2.29 bits per heavy atom. The number of hydrogen-bond donors (Lipinski definition) is 1. The van der Waals surface area contributed by atoms with E-state index in [1.165, 1.54) is 12.1 Å². The van der Waals surface area contributed by atoms with Crippen LogP contribution in [0.2, 0.25) is 0 Å². The van der Waals surface area contributed by atoms with Crippen LogP contribution in [0.25, 0.3) is 0 Å². The molecule has 21 heavy (non-hydrogen) atoms. The predicted molar refractivity (Wildman–Crippen MR) is 72.8 cm³/mol. The average molecular weight is 298 g/mol. The molecule has 1 N–H and O–H groups in total. The van der Waals surface area contributed by atoms with E-state index in [0.717, 1.165) is 24.2 Å². The molecule has 1 aromatic heterocycles. The number of nitrogens with zero attached hydrogens (tertiary/aromatic N) is 2. The summed E-state index contributed by atoms with van der Waals surface area (Å²) in [6.45, 7) is 4.44. The molecule has 0 spiro atoms. The van der Waals surface area contributed by atoms with Gasteiger partial charge in [-0.1, -0.05) is 19.1 Å². The van der Waals surface area contributed by atoms with Crippen molar-refractivity contribution in [3.8, 4) is 0 Å². The van der Waals surface area contributed by atoms with Gasteiger partial charge in [-0.25, -0.2) is 0 Å². The average Bonchev–Trinajstić information content (AvgIpc) is 2.89. The fourth-order valence-corrected chi connectivity index (χ4v) is 2.16. The number of aryl methyl sites for hydroxylation is 2. The van der Waals surface area contributed by atoms with Gasteiger partial charge in [0.1, 0.15) is 6.10 Å². The van der Waals surface area contributed by atoms with Crippen LogP contribution in [0.5, 0.6) is 0 Å². The molecule has 3 nitrogen and oxygen atoms in total. The summed E-state index contributed by atoms with van der Waals surface area (Å²) in [5.41, 5.74) is 1.13. The first-order chi connectivity index (χ1) is 9.86. The van der Waals surface area contributed by atoms with Crippen molar-refractivity contribution in [2.24, 2.45) is 0 Å². The lowest BCUT2D eigenvalue weighted by molar-refractivity contribution is -0.137. The molecule has 0 radical (unpaired) electrons. The lowest BCUT2D eigenvalue weighted by Crippen LogP contribution is -2.10. The highest BCUT2D eigenvalue weighted by Gasteiger charge is 2.30. The summed E-state index contributed by atoms with van der Waals surface area (Å²) in [7, 11) is 0.